The number of nitrogens with two attached hydrogens (primary N) is 2. The summed E-state index contributed by atoms with van der Waals surface area (Å²) in [5.74, 6) is -0.0669. The Balaban J connectivity index is 1.78. The first-order valence-electron chi connectivity index (χ1n) is 8.51. The van der Waals surface area contributed by atoms with Gasteiger partial charge in [0.1, 0.15) is 23.9 Å². The molecule has 6 N–H and O–H groups in total. The fourth-order valence-electron chi connectivity index (χ4n) is 2.47. The van der Waals surface area contributed by atoms with Crippen LogP contribution >= 0.6 is 11.6 Å². The van der Waals surface area contributed by atoms with Gasteiger partial charge in [-0.05, 0) is 30.3 Å². The maximum Gasteiger partial charge on any atom is 0.573 e. The van der Waals surface area contributed by atoms with Crippen LogP contribution in [0.5, 0.6) is 11.5 Å². The summed E-state index contributed by atoms with van der Waals surface area (Å²) in [6.45, 7) is -0.231. The summed E-state index contributed by atoms with van der Waals surface area (Å²) in [5.41, 5.74) is 18.5. The second-order valence-corrected chi connectivity index (χ2v) is 6.44. The molecule has 0 radical (unpaired) electrons. The lowest BCUT2D eigenvalue weighted by atomic mass is 10.2. The maximum atomic E-state index is 12.6. The molecule has 0 fully saturated rings. The predicted octanol–water partition coefficient (Wildman–Crippen LogP) is 4.82. The third kappa shape index (κ3) is 5.74. The number of hydrogen-bond acceptors (Lipinski definition) is 7. The van der Waals surface area contributed by atoms with E-state index in [4.69, 9.17) is 27.8 Å². The van der Waals surface area contributed by atoms with Gasteiger partial charge in [-0.15, -0.1) is 13.2 Å². The summed E-state index contributed by atoms with van der Waals surface area (Å²) in [6.07, 6.45) is -4.82. The van der Waals surface area contributed by atoms with Crippen LogP contribution in [0.4, 0.5) is 36.2 Å². The normalized spacial score (nSPS) is 11.1. The molecule has 0 bridgehead atoms. The lowest BCUT2D eigenvalue weighted by molar-refractivity contribution is -0.275. The molecule has 1 heterocycles. The average Bonchev–Trinajstić information content (AvgIpc) is 2.66. The molecule has 0 atom stereocenters. The molecule has 11 heteroatoms. The molecule has 2 aromatic carbocycles. The average molecular weight is 440 g/mol. The number of rotatable bonds is 7. The van der Waals surface area contributed by atoms with Crippen molar-refractivity contribution in [2.45, 2.75) is 13.0 Å². The number of aromatic nitrogens is 1. The Kier molecular flexibility index (Phi) is 6.26. The number of pyridine rings is 1. The van der Waals surface area contributed by atoms with Gasteiger partial charge >= 0.3 is 6.36 Å². The summed E-state index contributed by atoms with van der Waals surface area (Å²) in [4.78, 5) is 3.96. The first kappa shape index (κ1) is 21.2. The number of para-hydroxylation sites is 1. The van der Waals surface area contributed by atoms with Gasteiger partial charge in [0.25, 0.3) is 0 Å². The van der Waals surface area contributed by atoms with Gasteiger partial charge in [0.2, 0.25) is 0 Å². The van der Waals surface area contributed by atoms with E-state index in [9.17, 15) is 13.2 Å². The third-order valence-electron chi connectivity index (χ3n) is 3.79. The van der Waals surface area contributed by atoms with Crippen LogP contribution in [0, 0.1) is 0 Å². The van der Waals surface area contributed by atoms with Gasteiger partial charge in [-0.3, -0.25) is 5.43 Å². The zero-order valence-corrected chi connectivity index (χ0v) is 16.1. The van der Waals surface area contributed by atoms with Crippen LogP contribution < -0.4 is 31.8 Å². The van der Waals surface area contributed by atoms with Crippen LogP contribution in [0.1, 0.15) is 5.56 Å². The van der Waals surface area contributed by atoms with Gasteiger partial charge in [-0.2, -0.15) is 0 Å². The fraction of sp³-hybridized carbons (Fsp3) is 0.105. The Morgan fingerprint density at radius 3 is 2.37 bits per heavy atom. The number of ether oxygens (including phenoxy) is 2. The quantitative estimate of drug-likeness (QED) is 0.391. The van der Waals surface area contributed by atoms with Gasteiger partial charge < -0.3 is 26.4 Å². The summed E-state index contributed by atoms with van der Waals surface area (Å²) >= 11 is 5.86. The lowest BCUT2D eigenvalue weighted by Crippen LogP contribution is -2.18. The molecule has 158 valence electrons. The Bertz CT molecular complexity index is 1020. The SMILES string of the molecule is Nc1cc(OCc2ccccc2OC(F)(F)F)c(NNc2ccc(Cl)cc2)c(N)n1. The number of benzene rings is 2. The number of nitrogens with one attached hydrogen (secondary N) is 2. The number of nitrogens with zero attached hydrogens (tertiary/aromatic N) is 1. The van der Waals surface area contributed by atoms with E-state index in [1.54, 1.807) is 30.3 Å². The summed E-state index contributed by atoms with van der Waals surface area (Å²) in [6, 6.07) is 13.9. The molecular formula is C19H17ClF3N5O2. The largest absolute Gasteiger partial charge is 0.573 e. The molecule has 3 aromatic rings. The Morgan fingerprint density at radius 2 is 1.67 bits per heavy atom. The molecule has 0 aliphatic heterocycles. The van der Waals surface area contributed by atoms with E-state index >= 15 is 0 Å². The van der Waals surface area contributed by atoms with Crippen molar-refractivity contribution in [3.63, 3.8) is 0 Å². The van der Waals surface area contributed by atoms with E-state index in [2.05, 4.69) is 20.6 Å². The van der Waals surface area contributed by atoms with Crippen LogP contribution in [0.3, 0.4) is 0 Å². The minimum atomic E-state index is -4.82. The molecule has 0 spiro atoms. The van der Waals surface area contributed by atoms with Crippen molar-refractivity contribution in [3.8, 4) is 11.5 Å². The van der Waals surface area contributed by atoms with Crippen LogP contribution in [-0.2, 0) is 6.61 Å². The molecule has 0 saturated carbocycles. The first-order valence-corrected chi connectivity index (χ1v) is 8.89. The van der Waals surface area contributed by atoms with Crippen LogP contribution in [0.25, 0.3) is 0 Å². The second kappa shape index (κ2) is 8.87. The minimum absolute atomic E-state index is 0.0336. The van der Waals surface area contributed by atoms with Gasteiger partial charge in [-0.25, -0.2) is 4.98 Å². The van der Waals surface area contributed by atoms with E-state index in [-0.39, 0.29) is 41.0 Å². The molecule has 3 rings (SSSR count). The van der Waals surface area contributed by atoms with Crippen LogP contribution in [0.15, 0.2) is 54.6 Å². The molecule has 0 aliphatic carbocycles. The first-order chi connectivity index (χ1) is 14.2. The highest BCUT2D eigenvalue weighted by Crippen LogP contribution is 2.33. The zero-order valence-electron chi connectivity index (χ0n) is 15.3. The van der Waals surface area contributed by atoms with E-state index in [1.807, 2.05) is 0 Å². The summed E-state index contributed by atoms with van der Waals surface area (Å²) in [7, 11) is 0. The molecule has 30 heavy (non-hydrogen) atoms. The molecular weight excluding hydrogens is 423 g/mol. The Labute approximate surface area is 174 Å². The number of halogens is 4. The monoisotopic (exact) mass is 439 g/mol. The van der Waals surface area contributed by atoms with Gasteiger partial charge in [0, 0.05) is 16.7 Å². The van der Waals surface area contributed by atoms with E-state index in [1.165, 1.54) is 24.3 Å². The van der Waals surface area contributed by atoms with Gasteiger partial charge in [-0.1, -0.05) is 29.8 Å². The number of alkyl halides is 3. The molecule has 0 saturated heterocycles. The number of anilines is 4. The highest BCUT2D eigenvalue weighted by Gasteiger charge is 2.32. The van der Waals surface area contributed by atoms with Gasteiger partial charge in [0.05, 0.1) is 5.69 Å². The Morgan fingerprint density at radius 1 is 0.967 bits per heavy atom. The third-order valence-corrected chi connectivity index (χ3v) is 4.04. The topological polar surface area (TPSA) is 107 Å². The Hall–Kier alpha value is -3.53. The number of nitrogen functional groups attached to an aromatic ring is 2. The van der Waals surface area contributed by atoms with Gasteiger partial charge in [0.15, 0.2) is 11.6 Å². The number of hydrogen-bond donors (Lipinski definition) is 4. The van der Waals surface area contributed by atoms with Crippen molar-refractivity contribution in [1.82, 2.24) is 4.98 Å². The fourth-order valence-corrected chi connectivity index (χ4v) is 2.60. The second-order valence-electron chi connectivity index (χ2n) is 6.01. The molecule has 0 amide bonds. The van der Waals surface area contributed by atoms with Crippen molar-refractivity contribution < 1.29 is 22.6 Å². The van der Waals surface area contributed by atoms with E-state index < -0.39 is 6.36 Å². The standard InChI is InChI=1S/C19H17ClF3N5O2/c20-12-5-7-13(8-6-12)27-28-17-15(9-16(24)26-18(17)25)29-10-11-3-1-2-4-14(11)30-19(21,22)23/h1-9,27-28H,10H2,(H4,24,25,26). The van der Waals surface area contributed by atoms with Crippen molar-refractivity contribution in [2.24, 2.45) is 0 Å². The highest BCUT2D eigenvalue weighted by atomic mass is 35.5. The number of hydrazine groups is 1. The molecule has 7 nitrogen and oxygen atoms in total. The van der Waals surface area contributed by atoms with Crippen LogP contribution in [0.2, 0.25) is 5.02 Å². The van der Waals surface area contributed by atoms with Crippen molar-refractivity contribution >= 4 is 34.6 Å². The van der Waals surface area contributed by atoms with E-state index in [0.717, 1.165) is 0 Å². The smallest absolute Gasteiger partial charge is 0.486 e. The lowest BCUT2D eigenvalue weighted by Gasteiger charge is -2.18. The van der Waals surface area contributed by atoms with Crippen molar-refractivity contribution in [1.29, 1.82) is 0 Å². The predicted molar refractivity (Wildman–Crippen MR) is 109 cm³/mol. The summed E-state index contributed by atoms with van der Waals surface area (Å²) < 4.78 is 47.5. The molecule has 0 aliphatic rings. The highest BCUT2D eigenvalue weighted by molar-refractivity contribution is 6.30. The molecule has 0 unspecified atom stereocenters. The van der Waals surface area contributed by atoms with Crippen molar-refractivity contribution in [2.75, 3.05) is 22.3 Å². The van der Waals surface area contributed by atoms with Crippen LogP contribution in [-0.4, -0.2) is 11.3 Å². The molecule has 1 aromatic heterocycles. The minimum Gasteiger partial charge on any atom is -0.486 e. The van der Waals surface area contributed by atoms with Crippen molar-refractivity contribution in [3.05, 3.63) is 65.2 Å². The zero-order chi connectivity index (χ0) is 21.7. The summed E-state index contributed by atoms with van der Waals surface area (Å²) in [5, 5.41) is 0.568. The van der Waals surface area contributed by atoms with E-state index in [0.29, 0.717) is 10.7 Å². The maximum absolute atomic E-state index is 12.6.